The van der Waals surface area contributed by atoms with Gasteiger partial charge in [-0.3, -0.25) is 4.79 Å². The highest BCUT2D eigenvalue weighted by atomic mass is 35.5. The lowest BCUT2D eigenvalue weighted by molar-refractivity contribution is -0.308. The minimum absolute atomic E-state index is 0.0485. The largest absolute Gasteiger partial charge is 0.548 e. The second kappa shape index (κ2) is 10.8. The van der Waals surface area contributed by atoms with E-state index in [2.05, 4.69) is 12.2 Å². The Kier molecular flexibility index (Phi) is 7.89. The summed E-state index contributed by atoms with van der Waals surface area (Å²) in [5.41, 5.74) is 1.52. The molecule has 1 heterocycles. The summed E-state index contributed by atoms with van der Waals surface area (Å²) in [5, 5.41) is 15.2. The van der Waals surface area contributed by atoms with E-state index in [1.807, 2.05) is 0 Å². The molecule has 1 N–H and O–H groups in total. The Bertz CT molecular complexity index is 1160. The maximum atomic E-state index is 12.2. The van der Waals surface area contributed by atoms with Gasteiger partial charge in [-0.2, -0.15) is 0 Å². The Morgan fingerprint density at radius 3 is 2.59 bits per heavy atom. The molecule has 2 aromatic carbocycles. The van der Waals surface area contributed by atoms with E-state index in [0.29, 0.717) is 21.9 Å². The minimum Gasteiger partial charge on any atom is -0.548 e. The van der Waals surface area contributed by atoms with Crippen molar-refractivity contribution in [1.29, 1.82) is 0 Å². The molecule has 0 fully saturated rings. The van der Waals surface area contributed by atoms with Crippen LogP contribution >= 0.6 is 11.6 Å². The molecule has 0 radical (unpaired) electrons. The van der Waals surface area contributed by atoms with Crippen LogP contribution in [0.2, 0.25) is 5.02 Å². The zero-order chi connectivity index (χ0) is 23.1. The van der Waals surface area contributed by atoms with E-state index in [1.165, 1.54) is 6.07 Å². The lowest BCUT2D eigenvalue weighted by Crippen LogP contribution is -2.50. The van der Waals surface area contributed by atoms with Gasteiger partial charge in [0, 0.05) is 22.5 Å². The van der Waals surface area contributed by atoms with Crippen LogP contribution in [-0.2, 0) is 22.4 Å². The van der Waals surface area contributed by atoms with E-state index in [9.17, 15) is 19.5 Å². The van der Waals surface area contributed by atoms with E-state index >= 15 is 0 Å². The van der Waals surface area contributed by atoms with Crippen molar-refractivity contribution in [2.75, 3.05) is 6.61 Å². The van der Waals surface area contributed by atoms with Crippen molar-refractivity contribution in [3.63, 3.8) is 0 Å². The number of nitrogens with one attached hydrogen (secondary N) is 1. The zero-order valence-electron chi connectivity index (χ0n) is 17.6. The van der Waals surface area contributed by atoms with Crippen molar-refractivity contribution in [3.8, 4) is 5.75 Å². The molecule has 3 aromatic rings. The van der Waals surface area contributed by atoms with Gasteiger partial charge in [-0.25, -0.2) is 4.79 Å². The van der Waals surface area contributed by atoms with Gasteiger partial charge in [-0.1, -0.05) is 37.1 Å². The maximum Gasteiger partial charge on any atom is 0.336 e. The summed E-state index contributed by atoms with van der Waals surface area (Å²) in [4.78, 5) is 35.5. The van der Waals surface area contributed by atoms with Gasteiger partial charge in [-0.15, -0.1) is 0 Å². The Balaban J connectivity index is 1.64. The molecule has 0 unspecified atom stereocenters. The molecular formula is C24H23ClNO6-. The molecular weight excluding hydrogens is 434 g/mol. The fraction of sp³-hybridized carbons (Fsp3) is 0.292. The van der Waals surface area contributed by atoms with Crippen LogP contribution < -0.4 is 20.8 Å². The van der Waals surface area contributed by atoms with Crippen LogP contribution in [-0.4, -0.2) is 24.5 Å². The number of ether oxygens (including phenoxy) is 1. The topological polar surface area (TPSA) is 109 Å². The van der Waals surface area contributed by atoms with Crippen molar-refractivity contribution in [3.05, 3.63) is 75.1 Å². The number of unbranched alkanes of at least 4 members (excludes halogenated alkanes) is 1. The van der Waals surface area contributed by atoms with Crippen molar-refractivity contribution in [2.45, 2.75) is 38.6 Å². The summed E-state index contributed by atoms with van der Waals surface area (Å²) in [6.07, 6.45) is 2.77. The Morgan fingerprint density at radius 1 is 1.16 bits per heavy atom. The van der Waals surface area contributed by atoms with Crippen LogP contribution in [0.4, 0.5) is 0 Å². The third-order valence-electron chi connectivity index (χ3n) is 4.94. The predicted molar refractivity (Wildman–Crippen MR) is 119 cm³/mol. The van der Waals surface area contributed by atoms with Crippen LogP contribution in [0, 0.1) is 0 Å². The van der Waals surface area contributed by atoms with E-state index in [-0.39, 0.29) is 6.42 Å². The van der Waals surface area contributed by atoms with Gasteiger partial charge in [0.15, 0.2) is 6.61 Å². The number of fused-ring (bicyclic) bond motifs is 1. The molecule has 32 heavy (non-hydrogen) atoms. The summed E-state index contributed by atoms with van der Waals surface area (Å²) in [6, 6.07) is 11.9. The number of amides is 1. The number of carboxylic acid groups (broad SMARTS) is 1. The molecule has 1 amide bonds. The van der Waals surface area contributed by atoms with Gasteiger partial charge in [0.2, 0.25) is 0 Å². The van der Waals surface area contributed by atoms with Crippen molar-refractivity contribution < 1.29 is 23.8 Å². The molecule has 168 valence electrons. The van der Waals surface area contributed by atoms with E-state index in [4.69, 9.17) is 20.8 Å². The lowest BCUT2D eigenvalue weighted by Gasteiger charge is -2.20. The van der Waals surface area contributed by atoms with Crippen molar-refractivity contribution >= 4 is 34.4 Å². The number of carbonyl (C=O) groups excluding carboxylic acids is 2. The molecule has 0 aliphatic rings. The van der Waals surface area contributed by atoms with Crippen LogP contribution in [0.15, 0.2) is 57.7 Å². The molecule has 0 saturated carbocycles. The van der Waals surface area contributed by atoms with Gasteiger partial charge in [-0.05, 0) is 54.7 Å². The number of carboxylic acids is 1. The predicted octanol–water partition coefficient (Wildman–Crippen LogP) is 2.65. The Hall–Kier alpha value is -3.32. The third kappa shape index (κ3) is 6.34. The van der Waals surface area contributed by atoms with Gasteiger partial charge in [0.25, 0.3) is 5.91 Å². The van der Waals surface area contributed by atoms with E-state index in [1.54, 1.807) is 42.5 Å². The molecule has 1 aromatic heterocycles. The van der Waals surface area contributed by atoms with Crippen molar-refractivity contribution in [2.24, 2.45) is 0 Å². The number of halogens is 1. The van der Waals surface area contributed by atoms with Gasteiger partial charge >= 0.3 is 5.63 Å². The number of aryl methyl sites for hydroxylation is 1. The van der Waals surface area contributed by atoms with Crippen LogP contribution in [0.1, 0.15) is 30.9 Å². The normalized spacial score (nSPS) is 11.8. The number of hydrogen-bond donors (Lipinski definition) is 1. The molecule has 0 aliphatic heterocycles. The fourth-order valence-corrected chi connectivity index (χ4v) is 3.43. The molecule has 1 atom stereocenters. The highest BCUT2D eigenvalue weighted by Crippen LogP contribution is 2.24. The Morgan fingerprint density at radius 2 is 1.91 bits per heavy atom. The average Bonchev–Trinajstić information content (AvgIpc) is 2.76. The number of benzene rings is 2. The van der Waals surface area contributed by atoms with Gasteiger partial charge < -0.3 is 24.4 Å². The van der Waals surface area contributed by atoms with Crippen LogP contribution in [0.5, 0.6) is 5.75 Å². The monoisotopic (exact) mass is 456 g/mol. The smallest absolute Gasteiger partial charge is 0.336 e. The second-order valence-electron chi connectivity index (χ2n) is 7.41. The standard InChI is InChI=1S/C24H24ClNO6/c1-2-3-4-16-12-23(28)32-21-13-18(9-10-19(16)21)31-14-22(27)26-20(24(29)30)11-15-5-7-17(25)8-6-15/h5-10,12-13,20H,2-4,11,14H2,1H3,(H,26,27)(H,29,30)/p-1/t20-/m0/s1. The first-order valence-electron chi connectivity index (χ1n) is 10.3. The minimum atomic E-state index is -1.40. The van der Waals surface area contributed by atoms with E-state index in [0.717, 1.165) is 30.2 Å². The second-order valence-corrected chi connectivity index (χ2v) is 7.85. The first-order chi connectivity index (χ1) is 15.4. The molecule has 0 spiro atoms. The first kappa shape index (κ1) is 23.3. The number of hydrogen-bond acceptors (Lipinski definition) is 6. The summed E-state index contributed by atoms with van der Waals surface area (Å²) >= 11 is 5.83. The molecule has 8 heteroatoms. The van der Waals surface area contributed by atoms with E-state index < -0.39 is 30.2 Å². The Labute approximate surface area is 190 Å². The SMILES string of the molecule is CCCCc1cc(=O)oc2cc(OCC(=O)N[C@@H](Cc3ccc(Cl)cc3)C(=O)[O-])ccc12. The first-order valence-corrected chi connectivity index (χ1v) is 10.7. The molecule has 0 bridgehead atoms. The van der Waals surface area contributed by atoms with Crippen LogP contribution in [0.3, 0.4) is 0 Å². The highest BCUT2D eigenvalue weighted by molar-refractivity contribution is 6.30. The molecule has 3 rings (SSSR count). The maximum absolute atomic E-state index is 12.2. The highest BCUT2D eigenvalue weighted by Gasteiger charge is 2.15. The molecule has 7 nitrogen and oxygen atoms in total. The van der Waals surface area contributed by atoms with Gasteiger partial charge in [0.05, 0.1) is 12.0 Å². The summed E-state index contributed by atoms with van der Waals surface area (Å²) in [5.74, 6) is -1.70. The van der Waals surface area contributed by atoms with Crippen LogP contribution in [0.25, 0.3) is 11.0 Å². The number of carbonyl (C=O) groups is 2. The molecule has 0 aliphatic carbocycles. The molecule has 0 saturated heterocycles. The number of rotatable bonds is 10. The van der Waals surface area contributed by atoms with Crippen molar-refractivity contribution in [1.82, 2.24) is 5.32 Å². The summed E-state index contributed by atoms with van der Waals surface area (Å²) < 4.78 is 10.7. The fourth-order valence-electron chi connectivity index (χ4n) is 3.31. The summed E-state index contributed by atoms with van der Waals surface area (Å²) in [6.45, 7) is 1.67. The summed E-state index contributed by atoms with van der Waals surface area (Å²) in [7, 11) is 0. The average molecular weight is 457 g/mol. The number of aliphatic carboxylic acids is 1. The lowest BCUT2D eigenvalue weighted by atomic mass is 10.0. The zero-order valence-corrected chi connectivity index (χ0v) is 18.3. The quantitative estimate of drug-likeness (QED) is 0.470. The van der Waals surface area contributed by atoms with Gasteiger partial charge in [0.1, 0.15) is 11.3 Å². The third-order valence-corrected chi connectivity index (χ3v) is 5.20.